The molecule has 1 heterocycles. The van der Waals surface area contributed by atoms with E-state index in [0.717, 1.165) is 15.3 Å². The molecule has 7 heteroatoms. The lowest BCUT2D eigenvalue weighted by molar-refractivity contribution is -0.122. The number of hydrogen-bond donors (Lipinski definition) is 2. The van der Waals surface area contributed by atoms with Crippen molar-refractivity contribution in [3.05, 3.63) is 47.3 Å². The number of carbonyl (C=O) groups excluding carboxylic acids is 2. The number of carbonyl (C=O) groups is 2. The van der Waals surface area contributed by atoms with Crippen LogP contribution in [0.1, 0.15) is 25.6 Å². The van der Waals surface area contributed by atoms with Crippen LogP contribution >= 0.6 is 11.3 Å². The molecule has 0 aliphatic heterocycles. The number of ether oxygens (including phenoxy) is 1. The Bertz CT molecular complexity index is 819. The Hall–Kier alpha value is -2.85. The zero-order valence-corrected chi connectivity index (χ0v) is 16.4. The highest BCUT2D eigenvalue weighted by atomic mass is 32.1. The van der Waals surface area contributed by atoms with Crippen molar-refractivity contribution < 1.29 is 14.3 Å². The number of nitrogens with zero attached hydrogens (tertiary/aromatic N) is 1. The molecule has 2 aromatic rings. The molecule has 142 valence electrons. The molecule has 1 aromatic carbocycles. The van der Waals surface area contributed by atoms with Gasteiger partial charge >= 0.3 is 6.09 Å². The molecule has 1 atom stereocenters. The zero-order chi connectivity index (χ0) is 19.9. The number of hydrogen-bond acceptors (Lipinski definition) is 5. The van der Waals surface area contributed by atoms with Gasteiger partial charge in [0, 0.05) is 16.2 Å². The molecule has 0 aliphatic rings. The molecule has 6 nitrogen and oxygen atoms in total. The summed E-state index contributed by atoms with van der Waals surface area (Å²) in [6, 6.07) is 14.9. The Morgan fingerprint density at radius 3 is 2.52 bits per heavy atom. The summed E-state index contributed by atoms with van der Waals surface area (Å²) in [6.07, 6.45) is -0.354. The average Bonchev–Trinajstić information content (AvgIpc) is 3.07. The largest absolute Gasteiger partial charge is 0.444 e. The second-order valence-electron chi connectivity index (χ2n) is 6.91. The summed E-state index contributed by atoms with van der Waals surface area (Å²) in [6.45, 7) is 5.14. The molecule has 0 spiro atoms. The molecule has 0 fully saturated rings. The van der Waals surface area contributed by atoms with Crippen molar-refractivity contribution in [2.75, 3.05) is 6.54 Å². The first kappa shape index (κ1) is 20.5. The maximum atomic E-state index is 12.4. The minimum Gasteiger partial charge on any atom is -0.444 e. The summed E-state index contributed by atoms with van der Waals surface area (Å²) in [5.41, 5.74) is 0.431. The standard InChI is InChI=1S/C20H23N3O3S/c1-20(2,3)26-19(25)23-16(18(24)22-12-11-21)13-15-9-10-17(27-15)14-7-5-4-6-8-14/h4-10,16H,12-13H2,1-3H3,(H,22,24)(H,23,25)/t16-/m0/s1. The van der Waals surface area contributed by atoms with Crippen LogP contribution in [0.3, 0.4) is 0 Å². The first-order valence-corrected chi connectivity index (χ1v) is 9.38. The first-order valence-electron chi connectivity index (χ1n) is 8.57. The predicted octanol–water partition coefficient (Wildman–Crippen LogP) is 3.49. The van der Waals surface area contributed by atoms with Gasteiger partial charge in [0.05, 0.1) is 6.07 Å². The van der Waals surface area contributed by atoms with Crippen molar-refractivity contribution in [1.82, 2.24) is 10.6 Å². The van der Waals surface area contributed by atoms with Crippen LogP contribution in [-0.2, 0) is 16.0 Å². The minimum absolute atomic E-state index is 0.120. The van der Waals surface area contributed by atoms with Gasteiger partial charge in [-0.05, 0) is 38.5 Å². The number of alkyl carbamates (subject to hydrolysis) is 1. The van der Waals surface area contributed by atoms with Gasteiger partial charge in [-0.15, -0.1) is 11.3 Å². The van der Waals surface area contributed by atoms with Gasteiger partial charge in [-0.25, -0.2) is 4.79 Å². The smallest absolute Gasteiger partial charge is 0.408 e. The van der Waals surface area contributed by atoms with Crippen LogP contribution < -0.4 is 10.6 Å². The number of nitrogens with one attached hydrogen (secondary N) is 2. The maximum absolute atomic E-state index is 12.4. The Morgan fingerprint density at radius 1 is 1.19 bits per heavy atom. The van der Waals surface area contributed by atoms with E-state index in [4.69, 9.17) is 10.00 Å². The average molecular weight is 385 g/mol. The monoisotopic (exact) mass is 385 g/mol. The topological polar surface area (TPSA) is 91.2 Å². The normalized spacial score (nSPS) is 11.9. The van der Waals surface area contributed by atoms with E-state index in [1.54, 1.807) is 32.1 Å². The van der Waals surface area contributed by atoms with Crippen LogP contribution in [0.15, 0.2) is 42.5 Å². The summed E-state index contributed by atoms with van der Waals surface area (Å²) in [4.78, 5) is 26.5. The summed E-state index contributed by atoms with van der Waals surface area (Å²) >= 11 is 1.56. The van der Waals surface area contributed by atoms with Gasteiger partial charge in [-0.3, -0.25) is 4.79 Å². The molecule has 0 aliphatic carbocycles. The fourth-order valence-corrected chi connectivity index (χ4v) is 3.41. The number of amides is 2. The van der Waals surface area contributed by atoms with Crippen LogP contribution in [-0.4, -0.2) is 30.2 Å². The second kappa shape index (κ2) is 9.19. The third-order valence-electron chi connectivity index (χ3n) is 3.47. The van der Waals surface area contributed by atoms with E-state index in [2.05, 4.69) is 10.6 Å². The Kier molecular flexibility index (Phi) is 6.97. The van der Waals surface area contributed by atoms with Gasteiger partial charge in [0.2, 0.25) is 5.91 Å². The summed E-state index contributed by atoms with van der Waals surface area (Å²) < 4.78 is 5.24. The third-order valence-corrected chi connectivity index (χ3v) is 4.63. The number of rotatable bonds is 6. The van der Waals surface area contributed by atoms with Crippen molar-refractivity contribution in [2.24, 2.45) is 0 Å². The molecule has 0 saturated carbocycles. The lowest BCUT2D eigenvalue weighted by Gasteiger charge is -2.23. The van der Waals surface area contributed by atoms with E-state index in [0.29, 0.717) is 6.42 Å². The van der Waals surface area contributed by atoms with Crippen molar-refractivity contribution in [3.8, 4) is 16.5 Å². The van der Waals surface area contributed by atoms with Gasteiger partial charge in [0.1, 0.15) is 18.2 Å². The van der Waals surface area contributed by atoms with Crippen molar-refractivity contribution >= 4 is 23.3 Å². The van der Waals surface area contributed by atoms with E-state index in [1.807, 2.05) is 48.5 Å². The molecule has 0 unspecified atom stereocenters. The molecule has 1 aromatic heterocycles. The van der Waals surface area contributed by atoms with E-state index >= 15 is 0 Å². The number of thiophene rings is 1. The maximum Gasteiger partial charge on any atom is 0.408 e. The third kappa shape index (κ3) is 6.76. The van der Waals surface area contributed by atoms with Crippen LogP contribution in [0.25, 0.3) is 10.4 Å². The van der Waals surface area contributed by atoms with Crippen molar-refractivity contribution in [2.45, 2.75) is 38.8 Å². The highest BCUT2D eigenvalue weighted by Gasteiger charge is 2.25. The van der Waals surface area contributed by atoms with E-state index in [9.17, 15) is 9.59 Å². The molecule has 0 saturated heterocycles. The molecular formula is C20H23N3O3S. The van der Waals surface area contributed by atoms with E-state index < -0.39 is 23.6 Å². The van der Waals surface area contributed by atoms with Gasteiger partial charge < -0.3 is 15.4 Å². The van der Waals surface area contributed by atoms with Gasteiger partial charge in [-0.2, -0.15) is 5.26 Å². The van der Waals surface area contributed by atoms with Gasteiger partial charge in [-0.1, -0.05) is 30.3 Å². The highest BCUT2D eigenvalue weighted by Crippen LogP contribution is 2.28. The lowest BCUT2D eigenvalue weighted by Crippen LogP contribution is -2.49. The summed E-state index contributed by atoms with van der Waals surface area (Å²) in [5, 5.41) is 13.8. The van der Waals surface area contributed by atoms with Crippen LogP contribution in [0, 0.1) is 11.3 Å². The molecule has 27 heavy (non-hydrogen) atoms. The van der Waals surface area contributed by atoms with Crippen molar-refractivity contribution in [1.29, 1.82) is 5.26 Å². The fourth-order valence-electron chi connectivity index (χ4n) is 2.36. The molecule has 0 radical (unpaired) electrons. The van der Waals surface area contributed by atoms with Crippen LogP contribution in [0.5, 0.6) is 0 Å². The molecule has 2 amide bonds. The van der Waals surface area contributed by atoms with Crippen molar-refractivity contribution in [3.63, 3.8) is 0 Å². The van der Waals surface area contributed by atoms with Gasteiger partial charge in [0.25, 0.3) is 0 Å². The number of nitriles is 1. The quantitative estimate of drug-likeness (QED) is 0.745. The van der Waals surface area contributed by atoms with Gasteiger partial charge in [0.15, 0.2) is 0 Å². The molecule has 2 rings (SSSR count). The Balaban J connectivity index is 2.11. The van der Waals surface area contributed by atoms with Crippen LogP contribution in [0.2, 0.25) is 0 Å². The predicted molar refractivity (Wildman–Crippen MR) is 105 cm³/mol. The highest BCUT2D eigenvalue weighted by molar-refractivity contribution is 7.15. The van der Waals surface area contributed by atoms with E-state index in [1.165, 1.54) is 0 Å². The zero-order valence-electron chi connectivity index (χ0n) is 15.6. The molecular weight excluding hydrogens is 362 g/mol. The summed E-state index contributed by atoms with van der Waals surface area (Å²) in [7, 11) is 0. The fraction of sp³-hybridized carbons (Fsp3) is 0.350. The molecule has 2 N–H and O–H groups in total. The summed E-state index contributed by atoms with van der Waals surface area (Å²) in [5.74, 6) is -0.419. The van der Waals surface area contributed by atoms with Crippen LogP contribution in [0.4, 0.5) is 4.79 Å². The Morgan fingerprint density at radius 2 is 1.89 bits per heavy atom. The number of benzene rings is 1. The minimum atomic E-state index is -0.824. The SMILES string of the molecule is CC(C)(C)OC(=O)N[C@@H](Cc1ccc(-c2ccccc2)s1)C(=O)NCC#N. The first-order chi connectivity index (χ1) is 12.8. The molecule has 0 bridgehead atoms. The van der Waals surface area contributed by atoms with E-state index in [-0.39, 0.29) is 6.54 Å². The lowest BCUT2D eigenvalue weighted by atomic mass is 10.1. The second-order valence-corrected chi connectivity index (χ2v) is 8.08. The Labute approximate surface area is 163 Å².